The van der Waals surface area contributed by atoms with E-state index in [1.807, 2.05) is 7.05 Å². The molecule has 3 rings (SSSR count). The van der Waals surface area contributed by atoms with E-state index >= 15 is 0 Å². The Balaban J connectivity index is 1.91. The van der Waals surface area contributed by atoms with Crippen LogP contribution in [0.1, 0.15) is 18.4 Å². The number of likely N-dealkylation sites (tertiary alicyclic amines) is 1. The molecule has 8 heteroatoms. The summed E-state index contributed by atoms with van der Waals surface area (Å²) in [5.41, 5.74) is -1.02. The Morgan fingerprint density at radius 1 is 1.16 bits per heavy atom. The minimum absolute atomic E-state index is 0.0332. The van der Waals surface area contributed by atoms with E-state index in [2.05, 4.69) is 20.4 Å². The number of nitrogens with zero attached hydrogens (tertiary/aromatic N) is 3. The molecule has 0 bridgehead atoms. The van der Waals surface area contributed by atoms with Gasteiger partial charge in [0.05, 0.1) is 5.56 Å². The summed E-state index contributed by atoms with van der Waals surface area (Å²) in [6, 6.07) is 5.73. The first kappa shape index (κ1) is 17.6. The van der Waals surface area contributed by atoms with Crippen LogP contribution in [0.2, 0.25) is 0 Å². The molecule has 1 atom stereocenters. The SMILES string of the molecule is CN1CCC[C@@H](Nc2cc(C(F)(F)F)c(-c3ccc(F)cc3)nn2)C1. The molecule has 1 aliphatic heterocycles. The second kappa shape index (κ2) is 6.95. The number of aromatic nitrogens is 2. The summed E-state index contributed by atoms with van der Waals surface area (Å²) in [6.07, 6.45) is -2.74. The van der Waals surface area contributed by atoms with Crippen LogP contribution >= 0.6 is 0 Å². The van der Waals surface area contributed by atoms with Crippen LogP contribution in [0.15, 0.2) is 30.3 Å². The average molecular weight is 354 g/mol. The van der Waals surface area contributed by atoms with E-state index in [1.54, 1.807) is 0 Å². The van der Waals surface area contributed by atoms with Gasteiger partial charge in [0.2, 0.25) is 0 Å². The first-order valence-electron chi connectivity index (χ1n) is 7.99. The Bertz CT molecular complexity index is 730. The molecular formula is C17H18F4N4. The van der Waals surface area contributed by atoms with Gasteiger partial charge in [0.25, 0.3) is 0 Å². The summed E-state index contributed by atoms with van der Waals surface area (Å²) in [5, 5.41) is 10.7. The molecule has 0 spiro atoms. The zero-order valence-corrected chi connectivity index (χ0v) is 13.6. The molecular weight excluding hydrogens is 336 g/mol. The second-order valence-corrected chi connectivity index (χ2v) is 6.24. The van der Waals surface area contributed by atoms with Gasteiger partial charge in [-0.1, -0.05) is 0 Å². The molecule has 0 saturated carbocycles. The minimum atomic E-state index is -4.58. The second-order valence-electron chi connectivity index (χ2n) is 6.24. The zero-order valence-electron chi connectivity index (χ0n) is 13.6. The van der Waals surface area contributed by atoms with E-state index in [0.29, 0.717) is 0 Å². The highest BCUT2D eigenvalue weighted by atomic mass is 19.4. The van der Waals surface area contributed by atoms with Crippen molar-refractivity contribution in [2.75, 3.05) is 25.5 Å². The van der Waals surface area contributed by atoms with Gasteiger partial charge in [-0.2, -0.15) is 13.2 Å². The molecule has 25 heavy (non-hydrogen) atoms. The number of alkyl halides is 3. The van der Waals surface area contributed by atoms with Gasteiger partial charge in [0, 0.05) is 18.2 Å². The number of hydrogen-bond acceptors (Lipinski definition) is 4. The van der Waals surface area contributed by atoms with Gasteiger partial charge < -0.3 is 10.2 Å². The molecule has 1 saturated heterocycles. The van der Waals surface area contributed by atoms with Crippen molar-refractivity contribution in [1.29, 1.82) is 0 Å². The van der Waals surface area contributed by atoms with Crippen molar-refractivity contribution < 1.29 is 17.6 Å². The molecule has 4 nitrogen and oxygen atoms in total. The Hall–Kier alpha value is -2.22. The summed E-state index contributed by atoms with van der Waals surface area (Å²) in [6.45, 7) is 1.71. The maximum atomic E-state index is 13.5. The third-order valence-corrected chi connectivity index (χ3v) is 4.19. The van der Waals surface area contributed by atoms with Gasteiger partial charge in [-0.25, -0.2) is 4.39 Å². The normalized spacial score (nSPS) is 19.0. The first-order valence-corrected chi connectivity index (χ1v) is 7.99. The Morgan fingerprint density at radius 2 is 1.88 bits per heavy atom. The van der Waals surface area contributed by atoms with Gasteiger partial charge in [0.1, 0.15) is 17.3 Å². The molecule has 0 unspecified atom stereocenters. The van der Waals surface area contributed by atoms with Crippen molar-refractivity contribution in [2.45, 2.75) is 25.1 Å². The van der Waals surface area contributed by atoms with E-state index < -0.39 is 17.6 Å². The number of likely N-dealkylation sites (N-methyl/N-ethyl adjacent to an activating group) is 1. The molecule has 0 radical (unpaired) electrons. The smallest absolute Gasteiger partial charge is 0.365 e. The molecule has 0 amide bonds. The van der Waals surface area contributed by atoms with Crippen molar-refractivity contribution in [2.24, 2.45) is 0 Å². The lowest BCUT2D eigenvalue weighted by molar-refractivity contribution is -0.137. The predicted octanol–water partition coefficient (Wildman–Crippen LogP) is 3.81. The lowest BCUT2D eigenvalue weighted by atomic mass is 10.0. The molecule has 1 aromatic heterocycles. The minimum Gasteiger partial charge on any atom is -0.365 e. The van der Waals surface area contributed by atoms with Gasteiger partial charge in [-0.3, -0.25) is 0 Å². The molecule has 1 fully saturated rings. The maximum absolute atomic E-state index is 13.5. The van der Waals surface area contributed by atoms with Crippen LogP contribution in [0.25, 0.3) is 11.3 Å². The third-order valence-electron chi connectivity index (χ3n) is 4.19. The number of halogens is 4. The van der Waals surface area contributed by atoms with Crippen molar-refractivity contribution in [1.82, 2.24) is 15.1 Å². The van der Waals surface area contributed by atoms with E-state index in [9.17, 15) is 17.6 Å². The summed E-state index contributed by atoms with van der Waals surface area (Å²) in [5.74, 6) is -0.427. The highest BCUT2D eigenvalue weighted by molar-refractivity contribution is 5.65. The lowest BCUT2D eigenvalue weighted by Crippen LogP contribution is -2.40. The third kappa shape index (κ3) is 4.25. The van der Waals surface area contributed by atoms with Gasteiger partial charge >= 0.3 is 6.18 Å². The van der Waals surface area contributed by atoms with Crippen LogP contribution in [0.4, 0.5) is 23.4 Å². The molecule has 134 valence electrons. The number of nitrogens with one attached hydrogen (secondary N) is 1. The fourth-order valence-corrected chi connectivity index (χ4v) is 2.99. The average Bonchev–Trinajstić information content (AvgIpc) is 2.55. The zero-order chi connectivity index (χ0) is 18.0. The number of hydrogen-bond donors (Lipinski definition) is 1. The van der Waals surface area contributed by atoms with Crippen LogP contribution < -0.4 is 5.32 Å². The molecule has 1 aromatic carbocycles. The van der Waals surface area contributed by atoms with Crippen molar-refractivity contribution in [3.8, 4) is 11.3 Å². The monoisotopic (exact) mass is 354 g/mol. The van der Waals surface area contributed by atoms with Crippen LogP contribution in [-0.2, 0) is 6.18 Å². The van der Waals surface area contributed by atoms with Gasteiger partial charge in [-0.05, 0) is 56.8 Å². The fraction of sp³-hybridized carbons (Fsp3) is 0.412. The molecule has 0 aliphatic carbocycles. The van der Waals surface area contributed by atoms with Crippen LogP contribution in [0.3, 0.4) is 0 Å². The largest absolute Gasteiger partial charge is 0.418 e. The van der Waals surface area contributed by atoms with Crippen LogP contribution in [0.5, 0.6) is 0 Å². The van der Waals surface area contributed by atoms with E-state index in [1.165, 1.54) is 12.1 Å². The number of rotatable bonds is 3. The topological polar surface area (TPSA) is 41.0 Å². The summed E-state index contributed by atoms with van der Waals surface area (Å²) in [4.78, 5) is 2.12. The van der Waals surface area contributed by atoms with E-state index in [-0.39, 0.29) is 23.1 Å². The van der Waals surface area contributed by atoms with Crippen molar-refractivity contribution in [3.05, 3.63) is 41.7 Å². The first-order chi connectivity index (χ1) is 11.8. The lowest BCUT2D eigenvalue weighted by Gasteiger charge is -2.30. The summed E-state index contributed by atoms with van der Waals surface area (Å²) >= 11 is 0. The van der Waals surface area contributed by atoms with Crippen molar-refractivity contribution in [3.63, 3.8) is 0 Å². The van der Waals surface area contributed by atoms with Crippen molar-refractivity contribution >= 4 is 5.82 Å². The Morgan fingerprint density at radius 3 is 2.52 bits per heavy atom. The van der Waals surface area contributed by atoms with Gasteiger partial charge in [0.15, 0.2) is 0 Å². The number of anilines is 1. The van der Waals surface area contributed by atoms with E-state index in [0.717, 1.165) is 44.1 Å². The molecule has 2 heterocycles. The maximum Gasteiger partial charge on any atom is 0.418 e. The predicted molar refractivity (Wildman–Crippen MR) is 86.6 cm³/mol. The van der Waals surface area contributed by atoms with Crippen LogP contribution in [0, 0.1) is 5.82 Å². The standard InChI is InChI=1S/C17H18F4N4/c1-25-8-2-3-13(10-25)22-15-9-14(17(19,20)21)16(24-23-15)11-4-6-12(18)7-5-11/h4-7,9,13H,2-3,8,10H2,1H3,(H,22,23)/t13-/m1/s1. The summed E-state index contributed by atoms with van der Waals surface area (Å²) < 4.78 is 53.4. The van der Waals surface area contributed by atoms with E-state index in [4.69, 9.17) is 0 Å². The quantitative estimate of drug-likeness (QED) is 0.851. The molecule has 1 aliphatic rings. The van der Waals surface area contributed by atoms with Crippen LogP contribution in [-0.4, -0.2) is 41.3 Å². The highest BCUT2D eigenvalue weighted by Gasteiger charge is 2.35. The summed E-state index contributed by atoms with van der Waals surface area (Å²) in [7, 11) is 1.97. The number of piperidine rings is 1. The number of benzene rings is 1. The highest BCUT2D eigenvalue weighted by Crippen LogP contribution is 2.36. The Labute approximate surface area is 142 Å². The molecule has 2 aromatic rings. The molecule has 1 N–H and O–H groups in total. The fourth-order valence-electron chi connectivity index (χ4n) is 2.99. The van der Waals surface area contributed by atoms with Gasteiger partial charge in [-0.15, -0.1) is 10.2 Å². The Kier molecular flexibility index (Phi) is 4.89.